The summed E-state index contributed by atoms with van der Waals surface area (Å²) in [6, 6.07) is 60.1. The van der Waals surface area contributed by atoms with Crippen LogP contribution in [0.15, 0.2) is 170 Å². The van der Waals surface area contributed by atoms with Crippen LogP contribution in [0.25, 0.3) is 27.6 Å². The Bertz CT molecular complexity index is 2520. The van der Waals surface area contributed by atoms with Crippen molar-refractivity contribution in [1.82, 2.24) is 9.55 Å². The number of para-hydroxylation sites is 3. The summed E-state index contributed by atoms with van der Waals surface area (Å²) in [6.45, 7) is 9.79. The van der Waals surface area contributed by atoms with Crippen molar-refractivity contribution in [3.05, 3.63) is 198 Å². The van der Waals surface area contributed by atoms with Crippen LogP contribution in [0, 0.1) is 6.92 Å². The summed E-state index contributed by atoms with van der Waals surface area (Å²) in [5, 5.41) is 2.43. The van der Waals surface area contributed by atoms with Gasteiger partial charge in [0.25, 0.3) is 0 Å². The highest BCUT2D eigenvalue weighted by atomic mass is 15.4. The average molecular weight is 675 g/mol. The SMILES string of the molecule is Cc1ccnc(-n2c3ccccc3c3ccc(C(c4ccccc4)(c4ccccc4)c4cccc(N5CN(C(C)(C)C)c6ccccc65)c4)cc32)c1. The Labute approximate surface area is 306 Å². The molecule has 0 unspecified atom stereocenters. The van der Waals surface area contributed by atoms with Crippen LogP contribution < -0.4 is 9.80 Å². The van der Waals surface area contributed by atoms with Crippen LogP contribution in [0.4, 0.5) is 17.1 Å². The molecule has 0 spiro atoms. The number of nitrogens with zero attached hydrogens (tertiary/aromatic N) is 4. The lowest BCUT2D eigenvalue weighted by Gasteiger charge is -2.38. The zero-order chi connectivity index (χ0) is 35.5. The first-order chi connectivity index (χ1) is 25.3. The van der Waals surface area contributed by atoms with Gasteiger partial charge in [0.2, 0.25) is 0 Å². The lowest BCUT2D eigenvalue weighted by Crippen LogP contribution is -2.42. The second kappa shape index (κ2) is 12.3. The van der Waals surface area contributed by atoms with E-state index in [-0.39, 0.29) is 5.54 Å². The third-order valence-electron chi connectivity index (χ3n) is 10.8. The van der Waals surface area contributed by atoms with Gasteiger partial charge in [0.05, 0.1) is 34.5 Å². The largest absolute Gasteiger partial charge is 0.347 e. The molecule has 0 saturated heterocycles. The van der Waals surface area contributed by atoms with Crippen molar-refractivity contribution in [2.45, 2.75) is 38.6 Å². The molecule has 0 N–H and O–H groups in total. The van der Waals surface area contributed by atoms with Crippen molar-refractivity contribution in [3.63, 3.8) is 0 Å². The van der Waals surface area contributed by atoms with E-state index in [1.807, 2.05) is 6.20 Å². The number of rotatable bonds is 6. The number of hydrogen-bond donors (Lipinski definition) is 0. The molecule has 1 aliphatic heterocycles. The van der Waals surface area contributed by atoms with Crippen LogP contribution in [0.1, 0.15) is 48.6 Å². The van der Waals surface area contributed by atoms with Crippen LogP contribution in [-0.2, 0) is 5.41 Å². The van der Waals surface area contributed by atoms with E-state index < -0.39 is 5.41 Å². The van der Waals surface area contributed by atoms with E-state index in [1.165, 1.54) is 55.7 Å². The highest BCUT2D eigenvalue weighted by Crippen LogP contribution is 2.49. The van der Waals surface area contributed by atoms with Gasteiger partial charge >= 0.3 is 0 Å². The van der Waals surface area contributed by atoms with E-state index in [9.17, 15) is 0 Å². The molecule has 3 heterocycles. The molecule has 0 saturated carbocycles. The zero-order valence-electron chi connectivity index (χ0n) is 30.2. The predicted octanol–water partition coefficient (Wildman–Crippen LogP) is 11.6. The molecule has 0 atom stereocenters. The second-order valence-corrected chi connectivity index (χ2v) is 15.0. The van der Waals surface area contributed by atoms with Gasteiger partial charge in [0.15, 0.2) is 0 Å². The summed E-state index contributed by atoms with van der Waals surface area (Å²) in [4.78, 5) is 9.87. The van der Waals surface area contributed by atoms with Gasteiger partial charge < -0.3 is 9.80 Å². The highest BCUT2D eigenvalue weighted by molar-refractivity contribution is 6.09. The quantitative estimate of drug-likeness (QED) is 0.164. The van der Waals surface area contributed by atoms with Gasteiger partial charge in [-0.05, 0) is 104 Å². The second-order valence-electron chi connectivity index (χ2n) is 15.0. The van der Waals surface area contributed by atoms with Crippen LogP contribution in [0.2, 0.25) is 0 Å². The van der Waals surface area contributed by atoms with E-state index in [0.29, 0.717) is 0 Å². The van der Waals surface area contributed by atoms with Crippen molar-refractivity contribution in [2.75, 3.05) is 16.5 Å². The standard InChI is InChI=1S/C48H42N4/c1-34-28-29-49-46(30-34)52-42-23-12-11-22-40(42)41-27-26-38(32-45(41)52)48(35-16-7-5-8-17-35,36-18-9-6-10-19-36)37-20-15-21-39(31-37)50-33-51(47(2,3)4)44-25-14-13-24-43(44)50/h5-32H,33H2,1-4H3. The van der Waals surface area contributed by atoms with Crippen LogP contribution in [0.3, 0.4) is 0 Å². The molecule has 6 aromatic carbocycles. The van der Waals surface area contributed by atoms with E-state index in [1.54, 1.807) is 0 Å². The molecule has 9 rings (SSSR count). The fraction of sp³-hybridized carbons (Fsp3) is 0.146. The van der Waals surface area contributed by atoms with Gasteiger partial charge in [-0.3, -0.25) is 4.57 Å². The summed E-state index contributed by atoms with van der Waals surface area (Å²) in [6.07, 6.45) is 1.91. The van der Waals surface area contributed by atoms with E-state index in [0.717, 1.165) is 23.5 Å². The maximum atomic E-state index is 4.90. The van der Waals surface area contributed by atoms with E-state index in [2.05, 4.69) is 206 Å². The fourth-order valence-electron chi connectivity index (χ4n) is 8.39. The third kappa shape index (κ3) is 5.01. The maximum absolute atomic E-state index is 4.90. The monoisotopic (exact) mass is 674 g/mol. The number of anilines is 3. The molecule has 2 aromatic heterocycles. The van der Waals surface area contributed by atoms with Gasteiger partial charge in [-0.2, -0.15) is 0 Å². The first-order valence-electron chi connectivity index (χ1n) is 18.2. The molecule has 52 heavy (non-hydrogen) atoms. The summed E-state index contributed by atoms with van der Waals surface area (Å²) in [7, 11) is 0. The lowest BCUT2D eigenvalue weighted by molar-refractivity contribution is 0.518. The normalized spacial score (nSPS) is 13.2. The van der Waals surface area contributed by atoms with Gasteiger partial charge in [-0.1, -0.05) is 115 Å². The minimum atomic E-state index is -0.628. The Morgan fingerprint density at radius 1 is 0.519 bits per heavy atom. The molecule has 0 amide bonds. The summed E-state index contributed by atoms with van der Waals surface area (Å²) < 4.78 is 2.33. The zero-order valence-corrected chi connectivity index (χ0v) is 30.2. The van der Waals surface area contributed by atoms with Crippen molar-refractivity contribution >= 4 is 38.9 Å². The van der Waals surface area contributed by atoms with Gasteiger partial charge in [-0.25, -0.2) is 4.98 Å². The lowest BCUT2D eigenvalue weighted by atomic mass is 9.65. The number of pyridine rings is 1. The maximum Gasteiger partial charge on any atom is 0.137 e. The first kappa shape index (κ1) is 31.8. The topological polar surface area (TPSA) is 24.3 Å². The van der Waals surface area contributed by atoms with E-state index >= 15 is 0 Å². The molecule has 4 nitrogen and oxygen atoms in total. The van der Waals surface area contributed by atoms with Crippen LogP contribution >= 0.6 is 0 Å². The molecule has 4 heteroatoms. The number of hydrogen-bond acceptors (Lipinski definition) is 3. The van der Waals surface area contributed by atoms with E-state index in [4.69, 9.17) is 4.98 Å². The van der Waals surface area contributed by atoms with Gasteiger partial charge in [-0.15, -0.1) is 0 Å². The Hall–Kier alpha value is -6.13. The molecule has 0 aliphatic carbocycles. The molecule has 1 aliphatic rings. The highest BCUT2D eigenvalue weighted by Gasteiger charge is 2.40. The van der Waals surface area contributed by atoms with Crippen LogP contribution in [0.5, 0.6) is 0 Å². The Balaban J connectivity index is 1.34. The Morgan fingerprint density at radius 2 is 1.13 bits per heavy atom. The van der Waals surface area contributed by atoms with Crippen LogP contribution in [-0.4, -0.2) is 21.8 Å². The number of aryl methyl sites for hydroxylation is 1. The predicted molar refractivity (Wildman–Crippen MR) is 217 cm³/mol. The van der Waals surface area contributed by atoms with Crippen molar-refractivity contribution in [3.8, 4) is 5.82 Å². The number of fused-ring (bicyclic) bond motifs is 4. The first-order valence-corrected chi connectivity index (χ1v) is 18.2. The smallest absolute Gasteiger partial charge is 0.137 e. The Kier molecular flexibility index (Phi) is 7.51. The van der Waals surface area contributed by atoms with Gasteiger partial charge in [0.1, 0.15) is 5.82 Å². The fourth-order valence-corrected chi connectivity index (χ4v) is 8.39. The molecular formula is C48H42N4. The average Bonchev–Trinajstić information content (AvgIpc) is 3.73. The van der Waals surface area contributed by atoms with Crippen molar-refractivity contribution in [2.24, 2.45) is 0 Å². The molecule has 0 fully saturated rings. The molecule has 8 aromatic rings. The molecule has 254 valence electrons. The molecule has 0 bridgehead atoms. The number of benzene rings is 6. The summed E-state index contributed by atoms with van der Waals surface area (Å²) in [5.74, 6) is 0.923. The Morgan fingerprint density at radius 3 is 1.85 bits per heavy atom. The summed E-state index contributed by atoms with van der Waals surface area (Å²) in [5.41, 5.74) is 11.3. The molecule has 0 radical (unpaired) electrons. The molecular weight excluding hydrogens is 633 g/mol. The minimum absolute atomic E-state index is 0.0275. The minimum Gasteiger partial charge on any atom is -0.347 e. The van der Waals surface area contributed by atoms with Gasteiger partial charge in [0, 0.05) is 28.2 Å². The summed E-state index contributed by atoms with van der Waals surface area (Å²) >= 11 is 0. The van der Waals surface area contributed by atoms with Crippen molar-refractivity contribution < 1.29 is 0 Å². The third-order valence-corrected chi connectivity index (χ3v) is 10.8. The number of aromatic nitrogens is 2. The van der Waals surface area contributed by atoms with Crippen molar-refractivity contribution in [1.29, 1.82) is 0 Å².